The fraction of sp³-hybridized carbons (Fsp3) is 0.409. The number of hydrogen-bond donors (Lipinski definition) is 6. The van der Waals surface area contributed by atoms with Crippen molar-refractivity contribution < 1.29 is 54.4 Å². The molecule has 1 saturated heterocycles. The van der Waals surface area contributed by atoms with E-state index in [1.54, 1.807) is 0 Å². The highest BCUT2D eigenvalue weighted by Gasteiger charge is 2.45. The third-order valence-electron chi connectivity index (χ3n) is 5.67. The van der Waals surface area contributed by atoms with Crippen molar-refractivity contribution in [2.24, 2.45) is 0 Å². The lowest BCUT2D eigenvalue weighted by Gasteiger charge is -2.40. The maximum Gasteiger partial charge on any atom is 0.229 e. The van der Waals surface area contributed by atoms with E-state index in [0.717, 1.165) is 0 Å². The first-order valence-electron chi connectivity index (χ1n) is 10.1. The molecule has 4 rings (SSSR count). The quantitative estimate of drug-likeness (QED) is 0.351. The number of phenols is 2. The molecule has 1 fully saturated rings. The molecule has 6 N–H and O–H groups in total. The molecule has 0 radical (unpaired) electrons. The molecule has 2 aromatic carbocycles. The number of carbonyl (C=O) groups excluding carboxylic acids is 1. The summed E-state index contributed by atoms with van der Waals surface area (Å²) in [6.45, 7) is -0.639. The number of aliphatic hydroxyl groups is 4. The number of ether oxygens (including phenoxy) is 4. The summed E-state index contributed by atoms with van der Waals surface area (Å²) in [5.74, 6) is -0.727. The second-order valence-corrected chi connectivity index (χ2v) is 7.76. The number of ketones is 1. The molecule has 178 valence electrons. The zero-order valence-corrected chi connectivity index (χ0v) is 17.5. The van der Waals surface area contributed by atoms with Crippen LogP contribution in [0.3, 0.4) is 0 Å². The van der Waals surface area contributed by atoms with Crippen LogP contribution in [0.5, 0.6) is 28.7 Å². The van der Waals surface area contributed by atoms with Crippen LogP contribution in [0.1, 0.15) is 28.4 Å². The molecular formula is C22H24O11. The molecule has 2 aliphatic rings. The highest BCUT2D eigenvalue weighted by Crippen LogP contribution is 2.46. The summed E-state index contributed by atoms with van der Waals surface area (Å²) < 4.78 is 22.1. The number of Topliss-reactive ketones (excluding diaryl/α,β-unsaturated/α-hetero) is 1. The van der Waals surface area contributed by atoms with Gasteiger partial charge in [0.25, 0.3) is 0 Å². The van der Waals surface area contributed by atoms with Gasteiger partial charge in [-0.15, -0.1) is 0 Å². The topological polar surface area (TPSA) is 175 Å². The van der Waals surface area contributed by atoms with Gasteiger partial charge in [-0.1, -0.05) is 6.07 Å². The van der Waals surface area contributed by atoms with Crippen LogP contribution in [0.2, 0.25) is 0 Å². The van der Waals surface area contributed by atoms with Crippen LogP contribution in [0, 0.1) is 0 Å². The molecule has 0 aromatic heterocycles. The van der Waals surface area contributed by atoms with Gasteiger partial charge in [-0.25, -0.2) is 0 Å². The summed E-state index contributed by atoms with van der Waals surface area (Å²) in [5, 5.41) is 60.3. The number of phenolic OH excluding ortho intramolecular Hbond substituents is 2. The molecule has 0 spiro atoms. The maximum atomic E-state index is 12.8. The van der Waals surface area contributed by atoms with Gasteiger partial charge in [-0.3, -0.25) is 4.79 Å². The fourth-order valence-corrected chi connectivity index (χ4v) is 3.94. The summed E-state index contributed by atoms with van der Waals surface area (Å²) in [5.41, 5.74) is 0.0506. The molecule has 0 aliphatic carbocycles. The number of aliphatic hydroxyl groups excluding tert-OH is 4. The molecular weight excluding hydrogens is 440 g/mol. The zero-order chi connectivity index (χ0) is 23.9. The zero-order valence-electron chi connectivity index (χ0n) is 17.5. The van der Waals surface area contributed by atoms with E-state index in [4.69, 9.17) is 18.9 Å². The summed E-state index contributed by atoms with van der Waals surface area (Å²) in [6.07, 6.45) is -8.86. The summed E-state index contributed by atoms with van der Waals surface area (Å²) in [7, 11) is 1.39. The second kappa shape index (κ2) is 9.04. The van der Waals surface area contributed by atoms with Gasteiger partial charge < -0.3 is 49.6 Å². The van der Waals surface area contributed by atoms with Crippen LogP contribution in [0.4, 0.5) is 0 Å². The predicted octanol–water partition coefficient (Wildman–Crippen LogP) is -0.00840. The van der Waals surface area contributed by atoms with Crippen LogP contribution in [0.15, 0.2) is 30.3 Å². The lowest BCUT2D eigenvalue weighted by Crippen LogP contribution is -2.60. The number of rotatable bonds is 5. The van der Waals surface area contributed by atoms with Crippen molar-refractivity contribution in [3.05, 3.63) is 41.5 Å². The minimum Gasteiger partial charge on any atom is -0.507 e. The molecule has 6 atom stereocenters. The van der Waals surface area contributed by atoms with E-state index in [0.29, 0.717) is 0 Å². The number of hydrogen-bond acceptors (Lipinski definition) is 11. The third kappa shape index (κ3) is 4.16. The normalized spacial score (nSPS) is 29.2. The van der Waals surface area contributed by atoms with E-state index in [1.165, 1.54) is 37.4 Å². The minimum absolute atomic E-state index is 0.0149. The van der Waals surface area contributed by atoms with E-state index in [1.807, 2.05) is 0 Å². The highest BCUT2D eigenvalue weighted by atomic mass is 16.7. The van der Waals surface area contributed by atoms with Gasteiger partial charge in [0.2, 0.25) is 6.29 Å². The highest BCUT2D eigenvalue weighted by molar-refractivity contribution is 6.02. The van der Waals surface area contributed by atoms with Crippen molar-refractivity contribution in [1.82, 2.24) is 0 Å². The van der Waals surface area contributed by atoms with Gasteiger partial charge in [0.15, 0.2) is 5.78 Å². The van der Waals surface area contributed by atoms with Crippen molar-refractivity contribution in [2.45, 2.75) is 43.2 Å². The van der Waals surface area contributed by atoms with E-state index in [9.17, 15) is 35.4 Å². The number of aromatic hydroxyl groups is 2. The number of benzene rings is 2. The van der Waals surface area contributed by atoms with E-state index in [-0.39, 0.29) is 46.3 Å². The summed E-state index contributed by atoms with van der Waals surface area (Å²) in [6, 6.07) is 6.95. The molecule has 11 heteroatoms. The lowest BCUT2D eigenvalue weighted by molar-refractivity contribution is -0.277. The number of fused-ring (bicyclic) bond motifs is 1. The second-order valence-electron chi connectivity index (χ2n) is 7.76. The minimum atomic E-state index is -1.67. The average molecular weight is 464 g/mol. The Labute approximate surface area is 188 Å². The average Bonchev–Trinajstić information content (AvgIpc) is 2.78. The van der Waals surface area contributed by atoms with Gasteiger partial charge in [0.1, 0.15) is 64.8 Å². The van der Waals surface area contributed by atoms with Crippen molar-refractivity contribution in [3.8, 4) is 28.7 Å². The first-order chi connectivity index (χ1) is 15.7. The molecule has 2 aromatic rings. The molecule has 3 unspecified atom stereocenters. The van der Waals surface area contributed by atoms with Crippen LogP contribution in [-0.4, -0.2) is 80.8 Å². The van der Waals surface area contributed by atoms with E-state index >= 15 is 0 Å². The van der Waals surface area contributed by atoms with Crippen molar-refractivity contribution >= 4 is 5.78 Å². The van der Waals surface area contributed by atoms with Crippen molar-refractivity contribution in [3.63, 3.8) is 0 Å². The Balaban J connectivity index is 1.67. The lowest BCUT2D eigenvalue weighted by atomic mass is 9.94. The Bertz CT molecular complexity index is 1040. The molecule has 2 aliphatic heterocycles. The molecule has 0 bridgehead atoms. The number of carbonyl (C=O) groups is 1. The largest absolute Gasteiger partial charge is 0.507 e. The van der Waals surface area contributed by atoms with Gasteiger partial charge >= 0.3 is 0 Å². The van der Waals surface area contributed by atoms with Crippen molar-refractivity contribution in [2.75, 3.05) is 13.7 Å². The first kappa shape index (κ1) is 23.1. The molecule has 33 heavy (non-hydrogen) atoms. The molecule has 2 heterocycles. The Morgan fingerprint density at radius 3 is 2.52 bits per heavy atom. The Morgan fingerprint density at radius 2 is 1.82 bits per heavy atom. The van der Waals surface area contributed by atoms with Crippen molar-refractivity contribution in [1.29, 1.82) is 0 Å². The van der Waals surface area contributed by atoms with Crippen LogP contribution in [0.25, 0.3) is 0 Å². The van der Waals surface area contributed by atoms with Gasteiger partial charge in [0.05, 0.1) is 25.7 Å². The molecule has 0 saturated carbocycles. The third-order valence-corrected chi connectivity index (χ3v) is 5.67. The fourth-order valence-electron chi connectivity index (χ4n) is 3.94. The summed E-state index contributed by atoms with van der Waals surface area (Å²) in [4.78, 5) is 12.8. The smallest absolute Gasteiger partial charge is 0.229 e. The molecule has 11 nitrogen and oxygen atoms in total. The van der Waals surface area contributed by atoms with E-state index in [2.05, 4.69) is 0 Å². The van der Waals surface area contributed by atoms with Gasteiger partial charge in [0, 0.05) is 12.1 Å². The number of methoxy groups -OCH3 is 1. The Hall–Kier alpha value is -3.09. The van der Waals surface area contributed by atoms with Crippen LogP contribution < -0.4 is 14.2 Å². The summed E-state index contributed by atoms with van der Waals surface area (Å²) >= 11 is 0. The molecule has 0 amide bonds. The van der Waals surface area contributed by atoms with Crippen LogP contribution in [-0.2, 0) is 4.74 Å². The monoisotopic (exact) mass is 464 g/mol. The Morgan fingerprint density at radius 1 is 1.06 bits per heavy atom. The van der Waals surface area contributed by atoms with Gasteiger partial charge in [-0.2, -0.15) is 0 Å². The van der Waals surface area contributed by atoms with Crippen LogP contribution >= 0.6 is 0 Å². The SMILES string of the molecule is COc1cc(O)c2c(c1)OC(c1c(O)cccc1O[C@@H]1O[C@H](CO)C(O)[C@H](O)C1O)CC2=O. The maximum absolute atomic E-state index is 12.8. The first-order valence-corrected chi connectivity index (χ1v) is 10.1. The van der Waals surface area contributed by atoms with E-state index < -0.39 is 49.2 Å². The predicted molar refractivity (Wildman–Crippen MR) is 109 cm³/mol. The standard InChI is InChI=1S/C22H24O11/c1-30-9-5-11(25)17-12(26)7-15(31-14(17)6-9)18-10(24)3-2-4-13(18)32-22-21(29)20(28)19(27)16(8-23)33-22/h2-6,15-16,19-25,27-29H,7-8H2,1H3/t15?,16-,19?,20+,21?,22-/m1/s1. The van der Waals surface area contributed by atoms with Gasteiger partial charge in [-0.05, 0) is 12.1 Å². The Kier molecular flexibility index (Phi) is 6.32.